The SMILES string of the molecule is C[C@H](O)CCCCl. The molecule has 0 bridgehead atoms. The van der Waals surface area contributed by atoms with E-state index in [2.05, 4.69) is 0 Å². The van der Waals surface area contributed by atoms with Gasteiger partial charge in [-0.25, -0.2) is 0 Å². The van der Waals surface area contributed by atoms with Gasteiger partial charge in [-0.2, -0.15) is 0 Å². The monoisotopic (exact) mass is 122 g/mol. The zero-order chi connectivity index (χ0) is 5.70. The molecule has 2 heteroatoms. The Hall–Kier alpha value is 0.250. The first-order valence-electron chi connectivity index (χ1n) is 2.51. The van der Waals surface area contributed by atoms with Gasteiger partial charge in [0.15, 0.2) is 0 Å². The summed E-state index contributed by atoms with van der Waals surface area (Å²) in [5.74, 6) is 0.658. The second kappa shape index (κ2) is 4.41. The molecule has 0 aliphatic carbocycles. The summed E-state index contributed by atoms with van der Waals surface area (Å²) in [5.41, 5.74) is 0. The molecule has 0 aliphatic heterocycles. The molecule has 0 aromatic heterocycles. The van der Waals surface area contributed by atoms with Crippen molar-refractivity contribution < 1.29 is 5.11 Å². The van der Waals surface area contributed by atoms with E-state index in [0.717, 1.165) is 12.8 Å². The van der Waals surface area contributed by atoms with Crippen LogP contribution in [-0.4, -0.2) is 17.1 Å². The lowest BCUT2D eigenvalue weighted by atomic mass is 10.2. The first-order valence-corrected chi connectivity index (χ1v) is 3.05. The Kier molecular flexibility index (Phi) is 4.57. The number of hydrogen-bond acceptors (Lipinski definition) is 1. The largest absolute Gasteiger partial charge is 0.393 e. The van der Waals surface area contributed by atoms with E-state index < -0.39 is 0 Å². The normalized spacial score (nSPS) is 14.1. The molecule has 0 fully saturated rings. The molecule has 0 aliphatic rings. The van der Waals surface area contributed by atoms with Gasteiger partial charge in [0.2, 0.25) is 0 Å². The predicted octanol–water partition coefficient (Wildman–Crippen LogP) is 1.39. The molecular weight excluding hydrogens is 112 g/mol. The van der Waals surface area contributed by atoms with Crippen molar-refractivity contribution in [3.63, 3.8) is 0 Å². The van der Waals surface area contributed by atoms with Crippen LogP contribution in [0.25, 0.3) is 0 Å². The Labute approximate surface area is 49.3 Å². The zero-order valence-corrected chi connectivity index (χ0v) is 5.28. The average molecular weight is 123 g/mol. The second-order valence-electron chi connectivity index (χ2n) is 1.68. The van der Waals surface area contributed by atoms with Crippen LogP contribution >= 0.6 is 11.6 Å². The molecular formula is C5H11ClO. The summed E-state index contributed by atoms with van der Waals surface area (Å²) in [5, 5.41) is 8.62. The van der Waals surface area contributed by atoms with Crippen LogP contribution in [-0.2, 0) is 0 Å². The van der Waals surface area contributed by atoms with Gasteiger partial charge < -0.3 is 5.11 Å². The minimum atomic E-state index is -0.182. The molecule has 44 valence electrons. The molecule has 7 heavy (non-hydrogen) atoms. The molecule has 0 heterocycles. The van der Waals surface area contributed by atoms with Gasteiger partial charge in [0.05, 0.1) is 6.10 Å². The topological polar surface area (TPSA) is 20.2 Å². The van der Waals surface area contributed by atoms with Crippen molar-refractivity contribution in [3.8, 4) is 0 Å². The predicted molar refractivity (Wildman–Crippen MR) is 31.6 cm³/mol. The van der Waals surface area contributed by atoms with Crippen molar-refractivity contribution >= 4 is 11.6 Å². The standard InChI is InChI=1S/C5H11ClO/c1-5(7)3-2-4-6/h5,7H,2-4H2,1H3/t5-/m0/s1. The highest BCUT2D eigenvalue weighted by atomic mass is 35.5. The summed E-state index contributed by atoms with van der Waals surface area (Å²) in [6, 6.07) is 0. The Morgan fingerprint density at radius 3 is 2.43 bits per heavy atom. The van der Waals surface area contributed by atoms with Gasteiger partial charge in [0, 0.05) is 5.88 Å². The average Bonchev–Trinajstić information content (AvgIpc) is 1.61. The molecule has 0 unspecified atom stereocenters. The van der Waals surface area contributed by atoms with Crippen molar-refractivity contribution in [1.29, 1.82) is 0 Å². The summed E-state index contributed by atoms with van der Waals surface area (Å²) in [6.07, 6.45) is 1.56. The number of aliphatic hydroxyl groups is 1. The Bertz CT molecular complexity index is 37.1. The number of halogens is 1. The molecule has 0 aromatic rings. The van der Waals surface area contributed by atoms with E-state index in [0.29, 0.717) is 5.88 Å². The van der Waals surface area contributed by atoms with E-state index in [9.17, 15) is 0 Å². The van der Waals surface area contributed by atoms with Crippen LogP contribution in [0, 0.1) is 0 Å². The van der Waals surface area contributed by atoms with Crippen LogP contribution in [0.15, 0.2) is 0 Å². The third-order valence-electron chi connectivity index (χ3n) is 0.756. The van der Waals surface area contributed by atoms with Crippen molar-refractivity contribution in [2.24, 2.45) is 0 Å². The summed E-state index contributed by atoms with van der Waals surface area (Å²) in [4.78, 5) is 0. The summed E-state index contributed by atoms with van der Waals surface area (Å²) in [6.45, 7) is 1.77. The molecule has 1 atom stereocenters. The number of rotatable bonds is 3. The summed E-state index contributed by atoms with van der Waals surface area (Å²) < 4.78 is 0. The molecule has 0 radical (unpaired) electrons. The molecule has 0 aromatic carbocycles. The van der Waals surface area contributed by atoms with E-state index >= 15 is 0 Å². The third kappa shape index (κ3) is 6.25. The summed E-state index contributed by atoms with van der Waals surface area (Å²) >= 11 is 5.33. The lowest BCUT2D eigenvalue weighted by molar-refractivity contribution is 0.184. The third-order valence-corrected chi connectivity index (χ3v) is 1.02. The maximum atomic E-state index is 8.62. The van der Waals surface area contributed by atoms with E-state index in [1.54, 1.807) is 6.92 Å². The Morgan fingerprint density at radius 2 is 2.29 bits per heavy atom. The van der Waals surface area contributed by atoms with Crippen LogP contribution in [0.5, 0.6) is 0 Å². The number of alkyl halides is 1. The molecule has 1 nitrogen and oxygen atoms in total. The van der Waals surface area contributed by atoms with Crippen LogP contribution in [0.4, 0.5) is 0 Å². The fraction of sp³-hybridized carbons (Fsp3) is 1.00. The fourth-order valence-corrected chi connectivity index (χ4v) is 0.527. The zero-order valence-electron chi connectivity index (χ0n) is 4.52. The van der Waals surface area contributed by atoms with Crippen LogP contribution in [0.2, 0.25) is 0 Å². The molecule has 0 spiro atoms. The number of aliphatic hydroxyl groups excluding tert-OH is 1. The van der Waals surface area contributed by atoms with E-state index in [4.69, 9.17) is 16.7 Å². The van der Waals surface area contributed by atoms with Crippen molar-refractivity contribution in [2.45, 2.75) is 25.9 Å². The highest BCUT2D eigenvalue weighted by Gasteiger charge is 1.91. The second-order valence-corrected chi connectivity index (χ2v) is 2.06. The van der Waals surface area contributed by atoms with Crippen LogP contribution in [0.3, 0.4) is 0 Å². The first kappa shape index (κ1) is 7.25. The number of hydrogen-bond donors (Lipinski definition) is 1. The maximum absolute atomic E-state index is 8.62. The molecule has 0 saturated carbocycles. The highest BCUT2D eigenvalue weighted by molar-refractivity contribution is 6.17. The highest BCUT2D eigenvalue weighted by Crippen LogP contribution is 1.95. The molecule has 1 N–H and O–H groups in total. The fourth-order valence-electron chi connectivity index (χ4n) is 0.373. The Balaban J connectivity index is 2.68. The van der Waals surface area contributed by atoms with Gasteiger partial charge in [0.25, 0.3) is 0 Å². The first-order chi connectivity index (χ1) is 3.27. The minimum absolute atomic E-state index is 0.182. The van der Waals surface area contributed by atoms with Gasteiger partial charge in [0.1, 0.15) is 0 Å². The van der Waals surface area contributed by atoms with Gasteiger partial charge >= 0.3 is 0 Å². The van der Waals surface area contributed by atoms with Crippen LogP contribution < -0.4 is 0 Å². The minimum Gasteiger partial charge on any atom is -0.393 e. The summed E-state index contributed by atoms with van der Waals surface area (Å²) in [7, 11) is 0. The van der Waals surface area contributed by atoms with Crippen molar-refractivity contribution in [3.05, 3.63) is 0 Å². The maximum Gasteiger partial charge on any atom is 0.0512 e. The van der Waals surface area contributed by atoms with Gasteiger partial charge in [-0.3, -0.25) is 0 Å². The van der Waals surface area contributed by atoms with E-state index in [1.807, 2.05) is 0 Å². The van der Waals surface area contributed by atoms with Crippen LogP contribution in [0.1, 0.15) is 19.8 Å². The lowest BCUT2D eigenvalue weighted by Gasteiger charge is -1.97. The van der Waals surface area contributed by atoms with E-state index in [-0.39, 0.29) is 6.10 Å². The molecule has 0 rings (SSSR count). The lowest BCUT2D eigenvalue weighted by Crippen LogP contribution is -1.98. The van der Waals surface area contributed by atoms with Gasteiger partial charge in [-0.15, -0.1) is 11.6 Å². The van der Waals surface area contributed by atoms with Gasteiger partial charge in [-0.05, 0) is 19.8 Å². The molecule has 0 saturated heterocycles. The Morgan fingerprint density at radius 1 is 1.71 bits per heavy atom. The quantitative estimate of drug-likeness (QED) is 0.561. The van der Waals surface area contributed by atoms with E-state index in [1.165, 1.54) is 0 Å². The van der Waals surface area contributed by atoms with Crippen molar-refractivity contribution in [1.82, 2.24) is 0 Å². The molecule has 0 amide bonds. The van der Waals surface area contributed by atoms with Crippen molar-refractivity contribution in [2.75, 3.05) is 5.88 Å². The smallest absolute Gasteiger partial charge is 0.0512 e. The van der Waals surface area contributed by atoms with Gasteiger partial charge in [-0.1, -0.05) is 0 Å².